The molecule has 0 saturated carbocycles. The Balaban J connectivity index is 4.49. The van der Waals surface area contributed by atoms with E-state index in [2.05, 4.69) is 44.1 Å². The Bertz CT molecular complexity index is 1090. The molecular weight excluding hydrogens is 725 g/mol. The predicted molar refractivity (Wildman–Crippen MR) is 230 cm³/mol. The number of phosphoric acid groups is 1. The highest BCUT2D eigenvalue weighted by molar-refractivity contribution is 7.45. The number of phosphoric ester groups is 1. The lowest BCUT2D eigenvalue weighted by Crippen LogP contribution is -2.42. The molecule has 1 unspecified atom stereocenters. The van der Waals surface area contributed by atoms with Crippen molar-refractivity contribution in [1.29, 1.82) is 0 Å². The number of carbonyl (C=O) groups is 2. The number of carbonyl (C=O) groups excluding carboxylic acids is 2. The molecule has 0 spiro atoms. The second-order valence-electron chi connectivity index (χ2n) is 16.1. The van der Waals surface area contributed by atoms with Crippen LogP contribution < -0.4 is 4.89 Å². The molecule has 0 radical (unpaired) electrons. The van der Waals surface area contributed by atoms with Crippen LogP contribution in [0.1, 0.15) is 194 Å². The number of ether oxygens (including phenoxy) is 2. The van der Waals surface area contributed by atoms with Gasteiger partial charge in [0.1, 0.15) is 26.3 Å². The van der Waals surface area contributed by atoms with E-state index in [9.17, 15) is 19.0 Å². The summed E-state index contributed by atoms with van der Waals surface area (Å²) < 4.78 is 33.9. The smallest absolute Gasteiger partial charge is 0.306 e. The number of esters is 2. The second kappa shape index (κ2) is 38.6. The lowest BCUT2D eigenvalue weighted by atomic mass is 10.1. The third kappa shape index (κ3) is 38.9. The van der Waals surface area contributed by atoms with E-state index in [-0.39, 0.29) is 26.1 Å². The summed E-state index contributed by atoms with van der Waals surface area (Å²) in [4.78, 5) is 37.7. The fourth-order valence-corrected chi connectivity index (χ4v) is 6.97. The van der Waals surface area contributed by atoms with Crippen LogP contribution in [0.4, 0.5) is 0 Å². The van der Waals surface area contributed by atoms with Gasteiger partial charge in [-0.15, -0.1) is 6.42 Å². The summed E-state index contributed by atoms with van der Waals surface area (Å²) in [6.07, 6.45) is 44.2. The summed E-state index contributed by atoms with van der Waals surface area (Å²) >= 11 is 0. The maximum Gasteiger partial charge on any atom is 0.306 e. The van der Waals surface area contributed by atoms with Gasteiger partial charge in [-0.2, -0.15) is 0 Å². The molecule has 0 heterocycles. The summed E-state index contributed by atoms with van der Waals surface area (Å²) in [5, 5.41) is 0. The lowest BCUT2D eigenvalue weighted by Gasteiger charge is -2.30. The molecule has 0 saturated heterocycles. The Labute approximate surface area is 344 Å². The van der Waals surface area contributed by atoms with Crippen molar-refractivity contribution in [2.75, 3.05) is 47.0 Å². The van der Waals surface area contributed by atoms with Gasteiger partial charge in [0.2, 0.25) is 0 Å². The Kier molecular flexibility index (Phi) is 37.2. The number of rotatable bonds is 41. The van der Waals surface area contributed by atoms with E-state index in [0.29, 0.717) is 30.4 Å². The zero-order chi connectivity index (χ0) is 41.4. The van der Waals surface area contributed by atoms with Gasteiger partial charge >= 0.3 is 11.9 Å². The highest BCUT2D eigenvalue weighted by Crippen LogP contribution is 2.38. The van der Waals surface area contributed by atoms with Crippen LogP contribution in [0, 0.1) is 12.3 Å². The van der Waals surface area contributed by atoms with Gasteiger partial charge in [-0.3, -0.25) is 14.2 Å². The topological polar surface area (TPSA) is 111 Å². The number of hydrogen-bond acceptors (Lipinski definition) is 8. The highest BCUT2D eigenvalue weighted by atomic mass is 31.2. The summed E-state index contributed by atoms with van der Waals surface area (Å²) in [6.45, 7) is 4.38. The Morgan fingerprint density at radius 1 is 0.625 bits per heavy atom. The first-order valence-electron chi connectivity index (χ1n) is 22.6. The Hall–Kier alpha value is -1.95. The van der Waals surface area contributed by atoms with Gasteiger partial charge in [0.25, 0.3) is 7.82 Å². The van der Waals surface area contributed by atoms with Crippen molar-refractivity contribution in [2.24, 2.45) is 0 Å². The number of likely N-dealkylation sites (N-methyl/N-ethyl adjacent to an activating group) is 1. The van der Waals surface area contributed by atoms with E-state index in [0.717, 1.165) is 64.2 Å². The Morgan fingerprint density at radius 2 is 1.04 bits per heavy atom. The second-order valence-corrected chi connectivity index (χ2v) is 17.5. The maximum atomic E-state index is 12.7. The molecule has 326 valence electrons. The molecule has 0 fully saturated rings. The van der Waals surface area contributed by atoms with Gasteiger partial charge in [0, 0.05) is 12.8 Å². The molecule has 0 aliphatic heterocycles. The molecule has 9 nitrogen and oxygen atoms in total. The van der Waals surface area contributed by atoms with E-state index in [1.165, 1.54) is 89.9 Å². The van der Waals surface area contributed by atoms with E-state index in [4.69, 9.17) is 24.9 Å². The third-order valence-corrected chi connectivity index (χ3v) is 10.9. The fraction of sp³-hybridized carbons (Fsp3) is 0.826. The normalized spacial score (nSPS) is 13.6. The van der Waals surface area contributed by atoms with Crippen molar-refractivity contribution >= 4 is 19.8 Å². The van der Waals surface area contributed by atoms with Crippen molar-refractivity contribution in [3.63, 3.8) is 0 Å². The third-order valence-electron chi connectivity index (χ3n) is 9.90. The molecule has 2 atom stereocenters. The molecule has 0 N–H and O–H groups in total. The standard InChI is InChI=1S/C46H84NO8P/c1-6-9-11-13-15-17-19-21-23-25-27-29-31-33-35-37-45(48)52-42-44(43-54-56(50,51)53-41-40-47(4,5)39-8-3)55-46(49)38-36-34-32-30-28-26-24-22-20-18-16-14-12-10-7-2/h3,21-24,44H,6-7,9-20,25-43H2,1-2,4-5H3/b23-21-,24-22-/t44-/m1/s1. The minimum atomic E-state index is -4.69. The molecule has 0 aromatic rings. The first-order valence-corrected chi connectivity index (χ1v) is 24.0. The number of quaternary nitrogens is 1. The summed E-state index contributed by atoms with van der Waals surface area (Å²) in [7, 11) is -0.951. The van der Waals surface area contributed by atoms with E-state index < -0.39 is 32.5 Å². The van der Waals surface area contributed by atoms with Gasteiger partial charge in [-0.25, -0.2) is 0 Å². The zero-order valence-electron chi connectivity index (χ0n) is 36.5. The molecule has 0 rings (SSSR count). The SMILES string of the molecule is C#CC[N+](C)(C)CCOP(=O)([O-])OC[C@@H](COC(=O)CCCCCCC/C=C\CCCCCCCC)OC(=O)CCCCCCC/C=C\CCCCCCCC. The van der Waals surface area contributed by atoms with Crippen molar-refractivity contribution in [3.05, 3.63) is 24.3 Å². The number of unbranched alkanes of at least 4 members (excludes halogenated alkanes) is 22. The van der Waals surface area contributed by atoms with Gasteiger partial charge in [0.15, 0.2) is 6.10 Å². The van der Waals surface area contributed by atoms with Crippen LogP contribution in [-0.4, -0.2) is 69.5 Å². The number of nitrogens with zero attached hydrogens (tertiary/aromatic N) is 1. The highest BCUT2D eigenvalue weighted by Gasteiger charge is 2.22. The molecule has 0 aromatic carbocycles. The fourth-order valence-electron chi connectivity index (χ4n) is 6.24. The van der Waals surface area contributed by atoms with Crippen LogP contribution in [0.25, 0.3) is 0 Å². The summed E-state index contributed by atoms with van der Waals surface area (Å²) in [6, 6.07) is 0. The zero-order valence-corrected chi connectivity index (χ0v) is 37.4. The number of terminal acetylenes is 1. The molecule has 0 bridgehead atoms. The average Bonchev–Trinajstić information content (AvgIpc) is 3.15. The quantitative estimate of drug-likeness (QED) is 0.0150. The molecule has 10 heteroatoms. The number of hydrogen-bond donors (Lipinski definition) is 0. The summed E-state index contributed by atoms with van der Waals surface area (Å²) in [5.74, 6) is 1.68. The van der Waals surface area contributed by atoms with E-state index in [1.807, 2.05) is 14.1 Å². The van der Waals surface area contributed by atoms with Gasteiger partial charge in [-0.1, -0.05) is 141 Å². The summed E-state index contributed by atoms with van der Waals surface area (Å²) in [5.41, 5.74) is 0. The number of allylic oxidation sites excluding steroid dienone is 4. The molecule has 0 aliphatic carbocycles. The van der Waals surface area contributed by atoms with Gasteiger partial charge < -0.3 is 27.9 Å². The first-order chi connectivity index (χ1) is 27.0. The van der Waals surface area contributed by atoms with Crippen LogP contribution in [0.15, 0.2) is 24.3 Å². The average molecular weight is 810 g/mol. The van der Waals surface area contributed by atoms with Crippen molar-refractivity contribution in [2.45, 2.75) is 200 Å². The molecular formula is C46H84NO8P. The van der Waals surface area contributed by atoms with E-state index >= 15 is 0 Å². The molecule has 0 aliphatic rings. The minimum absolute atomic E-state index is 0.111. The van der Waals surface area contributed by atoms with Crippen LogP contribution in [-0.2, 0) is 32.7 Å². The van der Waals surface area contributed by atoms with Crippen LogP contribution in [0.5, 0.6) is 0 Å². The van der Waals surface area contributed by atoms with Crippen molar-refractivity contribution in [1.82, 2.24) is 0 Å². The van der Waals surface area contributed by atoms with Crippen molar-refractivity contribution < 1.29 is 42.1 Å². The van der Waals surface area contributed by atoms with Crippen LogP contribution in [0.3, 0.4) is 0 Å². The minimum Gasteiger partial charge on any atom is -0.756 e. The molecule has 56 heavy (non-hydrogen) atoms. The van der Waals surface area contributed by atoms with Gasteiger partial charge in [0.05, 0.1) is 20.7 Å². The van der Waals surface area contributed by atoms with E-state index in [1.54, 1.807) is 0 Å². The lowest BCUT2D eigenvalue weighted by molar-refractivity contribution is -0.883. The molecule has 0 aromatic heterocycles. The molecule has 0 amide bonds. The van der Waals surface area contributed by atoms with Crippen molar-refractivity contribution in [3.8, 4) is 12.3 Å². The largest absolute Gasteiger partial charge is 0.756 e. The monoisotopic (exact) mass is 810 g/mol. The van der Waals surface area contributed by atoms with Crippen LogP contribution >= 0.6 is 7.82 Å². The van der Waals surface area contributed by atoms with Gasteiger partial charge in [-0.05, 0) is 70.1 Å². The Morgan fingerprint density at radius 3 is 1.48 bits per heavy atom. The first kappa shape index (κ1) is 54.0. The maximum absolute atomic E-state index is 12.7. The van der Waals surface area contributed by atoms with Crippen LogP contribution in [0.2, 0.25) is 0 Å². The predicted octanol–water partition coefficient (Wildman–Crippen LogP) is 11.7.